The molecular formula is C19H41NO3. The van der Waals surface area contributed by atoms with Gasteiger partial charge in [0.05, 0.1) is 0 Å². The molecule has 1 N–H and O–H groups in total. The van der Waals surface area contributed by atoms with Crippen molar-refractivity contribution in [2.75, 3.05) is 27.9 Å². The number of rotatable bonds is 15. The Morgan fingerprint density at radius 1 is 0.870 bits per heavy atom. The molecule has 0 saturated heterocycles. The highest BCUT2D eigenvalue weighted by Gasteiger charge is 2.36. The van der Waals surface area contributed by atoms with E-state index >= 15 is 0 Å². The summed E-state index contributed by atoms with van der Waals surface area (Å²) in [6.45, 7) is 9.98. The van der Waals surface area contributed by atoms with Crippen LogP contribution < -0.4 is 5.32 Å². The van der Waals surface area contributed by atoms with E-state index < -0.39 is 5.97 Å². The molecule has 2 atom stereocenters. The molecule has 0 aliphatic rings. The van der Waals surface area contributed by atoms with Crippen LogP contribution in [-0.2, 0) is 14.2 Å². The van der Waals surface area contributed by atoms with Crippen molar-refractivity contribution in [3.8, 4) is 0 Å². The van der Waals surface area contributed by atoms with Crippen molar-refractivity contribution in [3.05, 3.63) is 0 Å². The summed E-state index contributed by atoms with van der Waals surface area (Å²) in [4.78, 5) is 0. The first-order chi connectivity index (χ1) is 11.0. The van der Waals surface area contributed by atoms with Crippen LogP contribution in [0.2, 0.25) is 0 Å². The van der Waals surface area contributed by atoms with Crippen molar-refractivity contribution < 1.29 is 14.2 Å². The Bertz CT molecular complexity index is 259. The third-order valence-corrected chi connectivity index (χ3v) is 4.79. The van der Waals surface area contributed by atoms with Crippen molar-refractivity contribution >= 4 is 0 Å². The number of ether oxygens (including phenoxy) is 3. The Balaban J connectivity index is 4.89. The van der Waals surface area contributed by atoms with Crippen molar-refractivity contribution in [2.24, 2.45) is 11.8 Å². The molecule has 4 heteroatoms. The zero-order valence-corrected chi connectivity index (χ0v) is 16.6. The summed E-state index contributed by atoms with van der Waals surface area (Å²) in [7, 11) is 4.97. The van der Waals surface area contributed by atoms with Crippen LogP contribution >= 0.6 is 0 Å². The molecule has 2 unspecified atom stereocenters. The fraction of sp³-hybridized carbons (Fsp3) is 1.00. The highest BCUT2D eigenvalue weighted by molar-refractivity contribution is 4.82. The molecule has 0 aromatic rings. The lowest BCUT2D eigenvalue weighted by Gasteiger charge is -2.37. The molecule has 23 heavy (non-hydrogen) atoms. The van der Waals surface area contributed by atoms with E-state index in [0.717, 1.165) is 13.0 Å². The van der Waals surface area contributed by atoms with Crippen LogP contribution in [0.1, 0.15) is 72.6 Å². The number of methoxy groups -OCH3 is 3. The van der Waals surface area contributed by atoms with Gasteiger partial charge in [-0.1, -0.05) is 59.8 Å². The third-order valence-electron chi connectivity index (χ3n) is 4.79. The van der Waals surface area contributed by atoms with Gasteiger partial charge in [0, 0.05) is 33.8 Å². The highest BCUT2D eigenvalue weighted by atomic mass is 16.9. The Labute approximate surface area is 144 Å². The van der Waals surface area contributed by atoms with Gasteiger partial charge in [0.25, 0.3) is 5.97 Å². The van der Waals surface area contributed by atoms with Crippen LogP contribution in [0.25, 0.3) is 0 Å². The van der Waals surface area contributed by atoms with Crippen LogP contribution in [-0.4, -0.2) is 39.9 Å². The van der Waals surface area contributed by atoms with Crippen LogP contribution in [0.3, 0.4) is 0 Å². The van der Waals surface area contributed by atoms with E-state index in [1.165, 1.54) is 38.5 Å². The van der Waals surface area contributed by atoms with Crippen molar-refractivity contribution in [3.63, 3.8) is 0 Å². The molecular weight excluding hydrogens is 290 g/mol. The Kier molecular flexibility index (Phi) is 13.1. The Morgan fingerprint density at radius 2 is 1.43 bits per heavy atom. The molecule has 4 nitrogen and oxygen atoms in total. The van der Waals surface area contributed by atoms with Gasteiger partial charge in [-0.15, -0.1) is 0 Å². The van der Waals surface area contributed by atoms with E-state index in [1.807, 2.05) is 0 Å². The van der Waals surface area contributed by atoms with E-state index in [0.29, 0.717) is 17.9 Å². The normalized spacial score (nSPS) is 15.1. The second-order valence-electron chi connectivity index (χ2n) is 6.79. The SMILES string of the molecule is CCCCCCCC(CC(OC)(OC)OC)C(NCC)C(C)C. The monoisotopic (exact) mass is 331 g/mol. The number of hydrogen-bond donors (Lipinski definition) is 1. The van der Waals surface area contributed by atoms with Gasteiger partial charge in [0.2, 0.25) is 0 Å². The van der Waals surface area contributed by atoms with E-state index in [4.69, 9.17) is 14.2 Å². The minimum Gasteiger partial charge on any atom is -0.331 e. The van der Waals surface area contributed by atoms with Gasteiger partial charge in [0.15, 0.2) is 0 Å². The summed E-state index contributed by atoms with van der Waals surface area (Å²) >= 11 is 0. The molecule has 0 saturated carbocycles. The average molecular weight is 332 g/mol. The summed E-state index contributed by atoms with van der Waals surface area (Å²) < 4.78 is 16.6. The molecule has 0 amide bonds. The minimum absolute atomic E-state index is 0.450. The van der Waals surface area contributed by atoms with Gasteiger partial charge in [0.1, 0.15) is 0 Å². The Hall–Kier alpha value is -0.160. The van der Waals surface area contributed by atoms with Crippen LogP contribution in [0.4, 0.5) is 0 Å². The molecule has 0 aliphatic heterocycles. The molecule has 0 aliphatic carbocycles. The van der Waals surface area contributed by atoms with Crippen LogP contribution in [0.5, 0.6) is 0 Å². The van der Waals surface area contributed by atoms with E-state index in [9.17, 15) is 0 Å². The molecule has 0 spiro atoms. The average Bonchev–Trinajstić information content (AvgIpc) is 2.56. The predicted octanol–water partition coefficient (Wildman–Crippen LogP) is 4.58. The number of unbranched alkanes of at least 4 members (excludes halogenated alkanes) is 4. The maximum atomic E-state index is 5.55. The van der Waals surface area contributed by atoms with Crippen molar-refractivity contribution in [1.82, 2.24) is 5.32 Å². The summed E-state index contributed by atoms with van der Waals surface area (Å²) in [5.41, 5.74) is 0. The molecule has 140 valence electrons. The number of nitrogens with one attached hydrogen (secondary N) is 1. The van der Waals surface area contributed by atoms with E-state index in [1.54, 1.807) is 21.3 Å². The summed E-state index contributed by atoms with van der Waals surface area (Å²) in [6, 6.07) is 0.450. The predicted molar refractivity (Wildman–Crippen MR) is 97.5 cm³/mol. The van der Waals surface area contributed by atoms with Crippen molar-refractivity contribution in [2.45, 2.75) is 84.7 Å². The quantitative estimate of drug-likeness (QED) is 0.352. The number of hydrogen-bond acceptors (Lipinski definition) is 4. The van der Waals surface area contributed by atoms with Crippen LogP contribution in [0, 0.1) is 11.8 Å². The smallest absolute Gasteiger partial charge is 0.282 e. The zero-order chi connectivity index (χ0) is 17.7. The standard InChI is InChI=1S/C19H41NO3/c1-8-10-11-12-13-14-17(18(16(3)4)20-9-2)15-19(21-5,22-6)23-7/h16-18,20H,8-15H2,1-7H3. The molecule has 0 rings (SSSR count). The van der Waals surface area contributed by atoms with E-state index in [-0.39, 0.29) is 0 Å². The van der Waals surface area contributed by atoms with Gasteiger partial charge < -0.3 is 19.5 Å². The van der Waals surface area contributed by atoms with Crippen molar-refractivity contribution in [1.29, 1.82) is 0 Å². The largest absolute Gasteiger partial charge is 0.331 e. The van der Waals surface area contributed by atoms with Gasteiger partial charge >= 0.3 is 0 Å². The van der Waals surface area contributed by atoms with Gasteiger partial charge in [-0.25, -0.2) is 0 Å². The lowest BCUT2D eigenvalue weighted by Crippen LogP contribution is -2.46. The Morgan fingerprint density at radius 3 is 1.87 bits per heavy atom. The minimum atomic E-state index is -0.934. The molecule has 0 bridgehead atoms. The lowest BCUT2D eigenvalue weighted by atomic mass is 9.83. The highest BCUT2D eigenvalue weighted by Crippen LogP contribution is 2.31. The molecule has 0 radical (unpaired) electrons. The maximum Gasteiger partial charge on any atom is 0.282 e. The lowest BCUT2D eigenvalue weighted by molar-refractivity contribution is -0.360. The van der Waals surface area contributed by atoms with Crippen LogP contribution in [0.15, 0.2) is 0 Å². The van der Waals surface area contributed by atoms with Gasteiger partial charge in [-0.05, 0) is 24.8 Å². The van der Waals surface area contributed by atoms with Gasteiger partial charge in [-0.2, -0.15) is 0 Å². The summed E-state index contributed by atoms with van der Waals surface area (Å²) in [5.74, 6) is 0.103. The molecule has 0 aromatic carbocycles. The first-order valence-corrected chi connectivity index (χ1v) is 9.38. The van der Waals surface area contributed by atoms with E-state index in [2.05, 4.69) is 33.0 Å². The third kappa shape index (κ3) is 8.48. The topological polar surface area (TPSA) is 39.7 Å². The molecule has 0 aromatic heterocycles. The summed E-state index contributed by atoms with van der Waals surface area (Å²) in [6.07, 6.45) is 8.45. The second-order valence-corrected chi connectivity index (χ2v) is 6.79. The summed E-state index contributed by atoms with van der Waals surface area (Å²) in [5, 5.41) is 3.66. The zero-order valence-electron chi connectivity index (χ0n) is 16.6. The maximum absolute atomic E-state index is 5.55. The first-order valence-electron chi connectivity index (χ1n) is 9.38. The second kappa shape index (κ2) is 13.2. The fourth-order valence-electron chi connectivity index (χ4n) is 3.42. The molecule has 0 heterocycles. The first kappa shape index (κ1) is 22.8. The molecule has 0 fully saturated rings. The fourth-order valence-corrected chi connectivity index (χ4v) is 3.42. The van der Waals surface area contributed by atoms with Gasteiger partial charge in [-0.3, -0.25) is 0 Å².